The normalized spacial score (nSPS) is 13.0. The highest BCUT2D eigenvalue weighted by molar-refractivity contribution is 6.17. The zero-order chi connectivity index (χ0) is 89.1. The highest BCUT2D eigenvalue weighted by Gasteiger charge is 2.44. The fourth-order valence-corrected chi connectivity index (χ4v) is 23.9. The zero-order valence-electron chi connectivity index (χ0n) is 84.0. The molecule has 2 aliphatic carbocycles. The van der Waals surface area contributed by atoms with Crippen molar-refractivity contribution in [2.45, 2.75) is 357 Å². The summed E-state index contributed by atoms with van der Waals surface area (Å²) in [6, 6.07) is 0. The van der Waals surface area contributed by atoms with Gasteiger partial charge in [0.1, 0.15) is 0 Å². The SMILES string of the molecule is Cc1c(C)c(C)c2c(C)c3c(C)c(C)c(C)c(C)c3c(C)c2c1C.Cc1c(C)c(C)c2c(C)c3c(C)c(C)c(C)c(C)c3c(C)c2c1C.Cc1c(C)c(C)c2c(c1C)-c1c(C)c(C)c(C)c(C)c1C2(C)C.Cc1c(C)c(C)c2c(c1C)-c1c(C)c(C)c(C)c(C)c1C2(C)C.Cc1c(C)c(C)c2c(c1C)c(C)c(C)c1c(C)c(C)c(C)c(C)c12. The van der Waals surface area contributed by atoms with Crippen LogP contribution in [0, 0.1) is 318 Å². The van der Waals surface area contributed by atoms with Crippen molar-refractivity contribution in [3.8, 4) is 22.3 Å². The second kappa shape index (κ2) is 30.8. The molecule has 0 radical (unpaired) electrons. The van der Waals surface area contributed by atoms with Gasteiger partial charge < -0.3 is 0 Å². The standard InChI is InChI=1S/3C24H30.2C23H30/c1-11-13(3)17(7)23-21(15(11)5)19(9)20(10)22-16(6)12(2)14(4)18(8)24(22)23;2*1-11-12(2)16(6)22-20(10)24-18(8)14(4)13(3)17(7)23(24)19(9)21(22)15(11)5;2*1-11-13(3)17(7)21-19(15(11)5)20-16(6)12(2)14(4)18(8)22(20)23(21,9)10/h3*1-10H3;2*1-10H3. The van der Waals surface area contributed by atoms with Gasteiger partial charge in [-0.25, -0.2) is 0 Å². The second-order valence-electron chi connectivity index (χ2n) is 39.5. The molecule has 0 saturated heterocycles. The average molecular weight is 1570 g/mol. The molecular weight excluding hydrogens is 1420 g/mol. The second-order valence-corrected chi connectivity index (χ2v) is 39.5. The largest absolute Gasteiger partial charge is 0.0516 e. The lowest BCUT2D eigenvalue weighted by molar-refractivity contribution is 0.648. The van der Waals surface area contributed by atoms with Gasteiger partial charge in [-0.15, -0.1) is 0 Å². The van der Waals surface area contributed by atoms with E-state index in [0.29, 0.717) is 0 Å². The number of hydrogen-bond donors (Lipinski definition) is 0. The molecule has 0 spiro atoms. The van der Waals surface area contributed by atoms with E-state index >= 15 is 0 Å². The molecule has 622 valence electrons. The molecule has 0 unspecified atom stereocenters. The Morgan fingerprint density at radius 3 is 0.297 bits per heavy atom. The van der Waals surface area contributed by atoms with Crippen LogP contribution >= 0.6 is 0 Å². The molecule has 0 amide bonds. The maximum absolute atomic E-state index is 2.42. The summed E-state index contributed by atoms with van der Waals surface area (Å²) in [7, 11) is 0. The summed E-state index contributed by atoms with van der Waals surface area (Å²) in [6.45, 7) is 115. The quantitative estimate of drug-likeness (QED) is 0.105. The predicted octanol–water partition coefficient (Wildman–Crippen LogP) is 34.2. The van der Waals surface area contributed by atoms with Gasteiger partial charge in [-0.2, -0.15) is 0 Å². The molecular formula is C118H150. The number of aryl methyl sites for hydroxylation is 18. The van der Waals surface area contributed by atoms with Gasteiger partial charge in [-0.05, 0) is 684 Å². The molecule has 13 aromatic rings. The van der Waals surface area contributed by atoms with Crippen LogP contribution in [0.5, 0.6) is 0 Å². The lowest BCUT2D eigenvalue weighted by Gasteiger charge is -2.28. The summed E-state index contributed by atoms with van der Waals surface area (Å²) < 4.78 is 0. The van der Waals surface area contributed by atoms with Gasteiger partial charge >= 0.3 is 0 Å². The third kappa shape index (κ3) is 12.5. The Morgan fingerprint density at radius 1 is 0.0847 bits per heavy atom. The van der Waals surface area contributed by atoms with Gasteiger partial charge in [0.15, 0.2) is 0 Å². The molecule has 0 aliphatic heterocycles. The van der Waals surface area contributed by atoms with Crippen LogP contribution in [0.1, 0.15) is 306 Å². The van der Waals surface area contributed by atoms with E-state index in [4.69, 9.17) is 0 Å². The minimum absolute atomic E-state index is 0.0886. The van der Waals surface area contributed by atoms with Crippen molar-refractivity contribution >= 4 is 64.6 Å². The van der Waals surface area contributed by atoms with Gasteiger partial charge in [0.05, 0.1) is 0 Å². The van der Waals surface area contributed by atoms with Crippen molar-refractivity contribution in [1.29, 1.82) is 0 Å². The van der Waals surface area contributed by atoms with Gasteiger partial charge in [-0.3, -0.25) is 0 Å². The van der Waals surface area contributed by atoms with E-state index in [1.54, 1.807) is 22.3 Å². The Labute approximate surface area is 717 Å². The third-order valence-corrected chi connectivity index (χ3v) is 34.4. The average Bonchev–Trinajstić information content (AvgIpc) is 1.52. The first-order valence-electron chi connectivity index (χ1n) is 44.5. The molecule has 0 bridgehead atoms. The molecule has 0 aromatic heterocycles. The molecule has 0 N–H and O–H groups in total. The van der Waals surface area contributed by atoms with Crippen LogP contribution in [-0.2, 0) is 10.8 Å². The Bertz CT molecular complexity index is 5750. The van der Waals surface area contributed by atoms with Crippen molar-refractivity contribution < 1.29 is 0 Å². The van der Waals surface area contributed by atoms with E-state index < -0.39 is 0 Å². The monoisotopic (exact) mass is 1570 g/mol. The van der Waals surface area contributed by atoms with E-state index in [9.17, 15) is 0 Å². The first kappa shape index (κ1) is 90.2. The van der Waals surface area contributed by atoms with Gasteiger partial charge in [0.25, 0.3) is 0 Å². The molecule has 13 aromatic carbocycles. The fourth-order valence-electron chi connectivity index (χ4n) is 23.9. The molecule has 0 nitrogen and oxygen atoms in total. The zero-order valence-corrected chi connectivity index (χ0v) is 84.0. The first-order chi connectivity index (χ1) is 54.4. The maximum Gasteiger partial charge on any atom is 0.0164 e. The summed E-state index contributed by atoms with van der Waals surface area (Å²) in [6.07, 6.45) is 0. The first-order valence-corrected chi connectivity index (χ1v) is 44.5. The topological polar surface area (TPSA) is 0 Å². The van der Waals surface area contributed by atoms with Crippen molar-refractivity contribution in [2.24, 2.45) is 0 Å². The Hall–Kier alpha value is -8.58. The van der Waals surface area contributed by atoms with Crippen molar-refractivity contribution in [3.05, 3.63) is 278 Å². The minimum atomic E-state index is 0.0886. The molecule has 15 rings (SSSR count). The Kier molecular flexibility index (Phi) is 23.6. The lowest BCUT2D eigenvalue weighted by Crippen LogP contribution is -2.19. The van der Waals surface area contributed by atoms with Crippen LogP contribution in [0.15, 0.2) is 0 Å². The maximum atomic E-state index is 2.42. The van der Waals surface area contributed by atoms with Crippen LogP contribution in [0.4, 0.5) is 0 Å². The van der Waals surface area contributed by atoms with E-state index in [0.717, 1.165) is 0 Å². The highest BCUT2D eigenvalue weighted by atomic mass is 14.5. The van der Waals surface area contributed by atoms with Crippen LogP contribution in [0.3, 0.4) is 0 Å². The summed E-state index contributed by atoms with van der Waals surface area (Å²) in [5, 5.41) is 17.7. The molecule has 118 heavy (non-hydrogen) atoms. The van der Waals surface area contributed by atoms with Crippen LogP contribution in [-0.4, -0.2) is 0 Å². The summed E-state index contributed by atoms with van der Waals surface area (Å²) in [5.41, 5.74) is 79.5. The molecule has 0 atom stereocenters. The highest BCUT2D eigenvalue weighted by Crippen LogP contribution is 2.59. The molecule has 0 heterocycles. The summed E-state index contributed by atoms with van der Waals surface area (Å²) in [4.78, 5) is 0. The minimum Gasteiger partial charge on any atom is -0.0516 e. The Balaban J connectivity index is 0.000000145. The van der Waals surface area contributed by atoms with Gasteiger partial charge in [0.2, 0.25) is 0 Å². The molecule has 0 fully saturated rings. The molecule has 2 aliphatic rings. The van der Waals surface area contributed by atoms with Crippen LogP contribution in [0.2, 0.25) is 0 Å². The number of hydrogen-bond acceptors (Lipinski definition) is 0. The smallest absolute Gasteiger partial charge is 0.0164 e. The predicted molar refractivity (Wildman–Crippen MR) is 530 cm³/mol. The van der Waals surface area contributed by atoms with Crippen LogP contribution < -0.4 is 0 Å². The van der Waals surface area contributed by atoms with Gasteiger partial charge in [-0.1, -0.05) is 27.7 Å². The Morgan fingerprint density at radius 2 is 0.169 bits per heavy atom. The van der Waals surface area contributed by atoms with E-state index in [2.05, 4.69) is 346 Å². The van der Waals surface area contributed by atoms with E-state index in [1.807, 2.05) is 0 Å². The van der Waals surface area contributed by atoms with E-state index in [-0.39, 0.29) is 10.8 Å². The molecule has 0 saturated carbocycles. The third-order valence-electron chi connectivity index (χ3n) is 34.4. The molecule has 0 heteroatoms. The van der Waals surface area contributed by atoms with Crippen molar-refractivity contribution in [1.82, 2.24) is 0 Å². The van der Waals surface area contributed by atoms with Crippen molar-refractivity contribution in [3.63, 3.8) is 0 Å². The summed E-state index contributed by atoms with van der Waals surface area (Å²) in [5.74, 6) is 0. The van der Waals surface area contributed by atoms with E-state index in [1.165, 1.54) is 343 Å². The number of fused-ring (bicyclic) bond motifs is 13. The van der Waals surface area contributed by atoms with Crippen LogP contribution in [0.25, 0.3) is 86.9 Å². The fraction of sp³-hybridized carbons (Fsp3) is 0.441. The van der Waals surface area contributed by atoms with Gasteiger partial charge in [0, 0.05) is 10.8 Å². The lowest BCUT2D eigenvalue weighted by atomic mass is 9.76. The number of benzene rings is 13. The summed E-state index contributed by atoms with van der Waals surface area (Å²) >= 11 is 0. The van der Waals surface area contributed by atoms with Crippen molar-refractivity contribution in [2.75, 3.05) is 0 Å². The number of rotatable bonds is 0.